The molecule has 2 heterocycles. The second-order valence-electron chi connectivity index (χ2n) is 7.84. The molecule has 12 nitrogen and oxygen atoms in total. The van der Waals surface area contributed by atoms with E-state index in [4.69, 9.17) is 19.9 Å². The van der Waals surface area contributed by atoms with Gasteiger partial charge < -0.3 is 24.8 Å². The molecule has 0 bridgehead atoms. The molecule has 35 heavy (non-hydrogen) atoms. The highest BCUT2D eigenvalue weighted by Gasteiger charge is 2.39. The van der Waals surface area contributed by atoms with Crippen molar-refractivity contribution in [2.45, 2.75) is 25.4 Å². The average Bonchev–Trinajstić information content (AvgIpc) is 3.17. The number of carbonyl (C=O) groups excluding carboxylic acids is 4. The summed E-state index contributed by atoms with van der Waals surface area (Å²) in [6.07, 6.45) is 0.441. The van der Waals surface area contributed by atoms with E-state index in [0.717, 1.165) is 0 Å². The number of azo groups is 1. The van der Waals surface area contributed by atoms with Crippen LogP contribution in [0.5, 0.6) is 17.2 Å². The zero-order valence-electron chi connectivity index (χ0n) is 19.1. The zero-order valence-corrected chi connectivity index (χ0v) is 19.1. The highest BCUT2D eigenvalue weighted by molar-refractivity contribution is 6.06. The van der Waals surface area contributed by atoms with E-state index in [1.165, 1.54) is 19.1 Å². The van der Waals surface area contributed by atoms with E-state index in [1.54, 1.807) is 30.3 Å². The lowest BCUT2D eigenvalue weighted by Gasteiger charge is -2.29. The Bertz CT molecular complexity index is 1220. The molecule has 2 aliphatic heterocycles. The van der Waals surface area contributed by atoms with Crippen LogP contribution in [0.4, 0.5) is 11.4 Å². The molecule has 1 atom stereocenters. The topological polar surface area (TPSA) is 162 Å². The molecule has 0 spiro atoms. The third-order valence-corrected chi connectivity index (χ3v) is 5.63. The van der Waals surface area contributed by atoms with Crippen molar-refractivity contribution >= 4 is 35.0 Å². The number of imide groups is 1. The third kappa shape index (κ3) is 4.76. The first kappa shape index (κ1) is 23.7. The number of benzene rings is 2. The third-order valence-electron chi connectivity index (χ3n) is 5.63. The van der Waals surface area contributed by atoms with Crippen molar-refractivity contribution in [3.05, 3.63) is 41.5 Å². The summed E-state index contributed by atoms with van der Waals surface area (Å²) in [5.41, 5.74) is 7.03. The minimum atomic E-state index is -0.723. The Balaban J connectivity index is 1.60. The second kappa shape index (κ2) is 9.79. The smallest absolute Gasteiger partial charge is 0.255 e. The number of hydrogen-bond donors (Lipinski definition) is 2. The van der Waals surface area contributed by atoms with Gasteiger partial charge in [0, 0.05) is 36.2 Å². The molecule has 4 rings (SSSR count). The van der Waals surface area contributed by atoms with Gasteiger partial charge in [0.25, 0.3) is 11.8 Å². The van der Waals surface area contributed by atoms with Gasteiger partial charge in [-0.1, -0.05) is 6.07 Å². The van der Waals surface area contributed by atoms with Crippen LogP contribution in [0.3, 0.4) is 0 Å². The number of nitrogens with one attached hydrogen (secondary N) is 1. The van der Waals surface area contributed by atoms with E-state index < -0.39 is 17.9 Å². The maximum absolute atomic E-state index is 13.0. The molecule has 0 radical (unpaired) electrons. The lowest BCUT2D eigenvalue weighted by Crippen LogP contribution is -2.52. The predicted octanol–water partition coefficient (Wildman–Crippen LogP) is 1.74. The Hall–Kier alpha value is -4.48. The Morgan fingerprint density at radius 3 is 2.49 bits per heavy atom. The Labute approximate surface area is 200 Å². The molecular formula is C23H23N5O7. The van der Waals surface area contributed by atoms with Crippen LogP contribution in [0.1, 0.15) is 28.8 Å². The summed E-state index contributed by atoms with van der Waals surface area (Å²) in [7, 11) is 2.85. The number of fused-ring (bicyclic) bond motifs is 1. The summed E-state index contributed by atoms with van der Waals surface area (Å²) >= 11 is 0. The number of amides is 4. The maximum atomic E-state index is 13.0. The second-order valence-corrected chi connectivity index (χ2v) is 7.84. The fourth-order valence-electron chi connectivity index (χ4n) is 3.98. The van der Waals surface area contributed by atoms with Crippen LogP contribution in [-0.4, -0.2) is 55.4 Å². The summed E-state index contributed by atoms with van der Waals surface area (Å²) in [6.45, 7) is -0.191. The van der Waals surface area contributed by atoms with Gasteiger partial charge in [-0.25, -0.2) is 0 Å². The van der Waals surface area contributed by atoms with Gasteiger partial charge in [0.15, 0.2) is 18.1 Å². The average molecular weight is 481 g/mol. The molecule has 0 saturated carbocycles. The fraction of sp³-hybridized carbons (Fsp3) is 0.304. The number of carbonyl (C=O) groups is 4. The highest BCUT2D eigenvalue weighted by Crippen LogP contribution is 2.42. The van der Waals surface area contributed by atoms with Gasteiger partial charge in [-0.15, -0.1) is 0 Å². The number of primary amides is 1. The first-order chi connectivity index (χ1) is 16.8. The van der Waals surface area contributed by atoms with Crippen molar-refractivity contribution < 1.29 is 33.4 Å². The standard InChI is InChI=1S/C23H23N5O7/c1-33-17-8-12(9-18(34-2)21(17)35-11-19(24)29)26-27-15-5-3-4-13-14(15)10-28(23(13)32)16-6-7-20(30)25-22(16)31/h3-5,8-9,16H,6-7,10-11H2,1-2H3,(H2,24,29)(H,25,30,31). The van der Waals surface area contributed by atoms with Crippen LogP contribution in [0.25, 0.3) is 0 Å². The van der Waals surface area contributed by atoms with E-state index in [9.17, 15) is 19.2 Å². The fourth-order valence-corrected chi connectivity index (χ4v) is 3.98. The number of ether oxygens (including phenoxy) is 3. The first-order valence-corrected chi connectivity index (χ1v) is 10.7. The zero-order chi connectivity index (χ0) is 25.1. The van der Waals surface area contributed by atoms with Gasteiger partial charge in [-0.05, 0) is 18.6 Å². The molecule has 182 valence electrons. The molecular weight excluding hydrogens is 458 g/mol. The van der Waals surface area contributed by atoms with Gasteiger partial charge in [-0.2, -0.15) is 10.2 Å². The summed E-state index contributed by atoms with van der Waals surface area (Å²) < 4.78 is 16.0. The molecule has 1 fully saturated rings. The van der Waals surface area contributed by atoms with Gasteiger partial charge >= 0.3 is 0 Å². The summed E-state index contributed by atoms with van der Waals surface area (Å²) in [5, 5.41) is 10.9. The SMILES string of the molecule is COc1cc(N=Nc2cccc3c2CN(C2CCC(=O)NC2=O)C3=O)cc(OC)c1OCC(N)=O. The first-order valence-electron chi connectivity index (χ1n) is 10.7. The van der Waals surface area contributed by atoms with Crippen LogP contribution in [0, 0.1) is 0 Å². The van der Waals surface area contributed by atoms with Crippen molar-refractivity contribution in [1.82, 2.24) is 10.2 Å². The molecule has 12 heteroatoms. The number of rotatable bonds is 8. The molecule has 2 aromatic rings. The largest absolute Gasteiger partial charge is 0.493 e. The van der Waals surface area contributed by atoms with Crippen LogP contribution >= 0.6 is 0 Å². The Morgan fingerprint density at radius 2 is 1.86 bits per heavy atom. The minimum Gasteiger partial charge on any atom is -0.493 e. The van der Waals surface area contributed by atoms with E-state index in [0.29, 0.717) is 22.5 Å². The molecule has 1 saturated heterocycles. The molecule has 0 aliphatic carbocycles. The number of hydrogen-bond acceptors (Lipinski definition) is 9. The van der Waals surface area contributed by atoms with Gasteiger partial charge in [0.05, 0.1) is 25.6 Å². The van der Waals surface area contributed by atoms with Crippen LogP contribution < -0.4 is 25.3 Å². The predicted molar refractivity (Wildman–Crippen MR) is 121 cm³/mol. The molecule has 3 N–H and O–H groups in total. The summed E-state index contributed by atoms with van der Waals surface area (Å²) in [6, 6.07) is 7.43. The van der Waals surface area contributed by atoms with Crippen LogP contribution in [-0.2, 0) is 20.9 Å². The van der Waals surface area contributed by atoms with Crippen molar-refractivity contribution in [2.75, 3.05) is 20.8 Å². The Kier molecular flexibility index (Phi) is 6.62. The summed E-state index contributed by atoms with van der Waals surface area (Å²) in [5.74, 6) is -1.07. The van der Waals surface area contributed by atoms with E-state index in [1.807, 2.05) is 0 Å². The summed E-state index contributed by atoms with van der Waals surface area (Å²) in [4.78, 5) is 49.3. The van der Waals surface area contributed by atoms with Crippen molar-refractivity contribution in [3.63, 3.8) is 0 Å². The van der Waals surface area contributed by atoms with E-state index >= 15 is 0 Å². The quantitative estimate of drug-likeness (QED) is 0.429. The lowest BCUT2D eigenvalue weighted by atomic mass is 10.0. The normalized spacial score (nSPS) is 17.4. The molecule has 4 amide bonds. The van der Waals surface area contributed by atoms with Crippen molar-refractivity contribution in [2.24, 2.45) is 16.0 Å². The lowest BCUT2D eigenvalue weighted by molar-refractivity contribution is -0.137. The van der Waals surface area contributed by atoms with Crippen LogP contribution in [0.15, 0.2) is 40.6 Å². The molecule has 2 aromatic carbocycles. The highest BCUT2D eigenvalue weighted by atomic mass is 16.5. The van der Waals surface area contributed by atoms with E-state index in [2.05, 4.69) is 15.5 Å². The number of methoxy groups -OCH3 is 2. The van der Waals surface area contributed by atoms with Crippen molar-refractivity contribution in [1.29, 1.82) is 0 Å². The van der Waals surface area contributed by atoms with Gasteiger partial charge in [0.1, 0.15) is 6.04 Å². The number of piperidine rings is 1. The van der Waals surface area contributed by atoms with Gasteiger partial charge in [0.2, 0.25) is 17.6 Å². The van der Waals surface area contributed by atoms with Gasteiger partial charge in [-0.3, -0.25) is 24.5 Å². The van der Waals surface area contributed by atoms with Crippen molar-refractivity contribution in [3.8, 4) is 17.2 Å². The number of nitrogens with two attached hydrogens (primary N) is 1. The molecule has 0 aromatic heterocycles. The molecule has 1 unspecified atom stereocenters. The Morgan fingerprint density at radius 1 is 1.14 bits per heavy atom. The van der Waals surface area contributed by atoms with E-state index in [-0.39, 0.29) is 55.1 Å². The molecule has 2 aliphatic rings. The van der Waals surface area contributed by atoms with Crippen LogP contribution in [0.2, 0.25) is 0 Å². The monoisotopic (exact) mass is 481 g/mol. The number of nitrogens with zero attached hydrogens (tertiary/aromatic N) is 3. The maximum Gasteiger partial charge on any atom is 0.255 e. The minimum absolute atomic E-state index is 0.169.